The Kier molecular flexibility index (Phi) is 4.91. The van der Waals surface area contributed by atoms with Gasteiger partial charge in [0, 0.05) is 34.6 Å². The molecule has 2 nitrogen and oxygen atoms in total. The third-order valence-electron chi connectivity index (χ3n) is 3.28. The van der Waals surface area contributed by atoms with Gasteiger partial charge in [-0.15, -0.1) is 11.3 Å². The molecule has 1 aliphatic rings. The van der Waals surface area contributed by atoms with E-state index in [0.717, 1.165) is 13.1 Å². The molecule has 3 N–H and O–H groups in total. The number of hydrogen-bond acceptors (Lipinski definition) is 4. The molecule has 1 aromatic rings. The van der Waals surface area contributed by atoms with E-state index in [0.29, 0.717) is 12.0 Å². The van der Waals surface area contributed by atoms with E-state index in [-0.39, 0.29) is 0 Å². The van der Waals surface area contributed by atoms with Crippen molar-refractivity contribution in [2.24, 2.45) is 11.7 Å². The van der Waals surface area contributed by atoms with Gasteiger partial charge < -0.3 is 11.1 Å². The zero-order chi connectivity index (χ0) is 12.3. The van der Waals surface area contributed by atoms with Gasteiger partial charge in [0.25, 0.3) is 0 Å². The monoisotopic (exact) mass is 270 g/mol. The molecule has 0 aliphatic carbocycles. The van der Waals surface area contributed by atoms with Crippen LogP contribution >= 0.6 is 23.1 Å². The Hall–Kier alpha value is -0.0300. The lowest BCUT2D eigenvalue weighted by Gasteiger charge is -2.19. The lowest BCUT2D eigenvalue weighted by Crippen LogP contribution is -2.39. The lowest BCUT2D eigenvalue weighted by molar-refractivity contribution is 0.406. The normalized spacial score (nSPS) is 17.2. The van der Waals surface area contributed by atoms with Crippen LogP contribution in [0.15, 0.2) is 6.07 Å². The summed E-state index contributed by atoms with van der Waals surface area (Å²) in [7, 11) is 0. The van der Waals surface area contributed by atoms with Crippen molar-refractivity contribution in [3.8, 4) is 0 Å². The molecule has 1 aromatic heterocycles. The molecule has 0 radical (unpaired) electrons. The zero-order valence-corrected chi connectivity index (χ0v) is 12.3. The van der Waals surface area contributed by atoms with Gasteiger partial charge in [0.1, 0.15) is 0 Å². The average molecular weight is 270 g/mol. The highest BCUT2D eigenvalue weighted by Crippen LogP contribution is 2.31. The minimum atomic E-state index is 0.434. The maximum atomic E-state index is 5.77. The lowest BCUT2D eigenvalue weighted by atomic mass is 10.0. The molecule has 0 saturated carbocycles. The first-order valence-electron chi connectivity index (χ1n) is 6.32. The van der Waals surface area contributed by atoms with Crippen LogP contribution in [0.2, 0.25) is 0 Å². The summed E-state index contributed by atoms with van der Waals surface area (Å²) in [5, 5.41) is 3.57. The van der Waals surface area contributed by atoms with Gasteiger partial charge in [-0.3, -0.25) is 0 Å². The summed E-state index contributed by atoms with van der Waals surface area (Å²) in [6.07, 6.45) is 1.26. The molecule has 0 saturated heterocycles. The van der Waals surface area contributed by atoms with Crippen molar-refractivity contribution in [3.63, 3.8) is 0 Å². The molecule has 0 fully saturated rings. The number of thiophene rings is 1. The molecule has 1 atom stereocenters. The molecule has 1 aliphatic heterocycles. The molecule has 0 aromatic carbocycles. The van der Waals surface area contributed by atoms with E-state index >= 15 is 0 Å². The largest absolute Gasteiger partial charge is 0.329 e. The highest BCUT2D eigenvalue weighted by atomic mass is 32.2. The Morgan fingerprint density at radius 2 is 2.29 bits per heavy atom. The Bertz CT molecular complexity index is 337. The standard InChI is InChI=1S/C13H22N2S2/c1-9(2)12(6-14)15-7-11-5-10-8-16-4-3-13(10)17-11/h5,9,12,15H,3-4,6-8,14H2,1-2H3. The minimum absolute atomic E-state index is 0.434. The molecule has 4 heteroatoms. The van der Waals surface area contributed by atoms with Gasteiger partial charge in [0.2, 0.25) is 0 Å². The van der Waals surface area contributed by atoms with Gasteiger partial charge in [-0.2, -0.15) is 11.8 Å². The van der Waals surface area contributed by atoms with Gasteiger partial charge in [-0.25, -0.2) is 0 Å². The Morgan fingerprint density at radius 3 is 2.94 bits per heavy atom. The highest BCUT2D eigenvalue weighted by Gasteiger charge is 2.15. The SMILES string of the molecule is CC(C)C(CN)NCc1cc2c(s1)CCSC2. The molecule has 2 heterocycles. The van der Waals surface area contributed by atoms with Crippen molar-refractivity contribution < 1.29 is 0 Å². The summed E-state index contributed by atoms with van der Waals surface area (Å²) >= 11 is 4.03. The number of thioether (sulfide) groups is 1. The molecular formula is C13H22N2S2. The molecular weight excluding hydrogens is 248 g/mol. The third kappa shape index (κ3) is 3.47. The smallest absolute Gasteiger partial charge is 0.0303 e. The van der Waals surface area contributed by atoms with E-state index in [4.69, 9.17) is 5.73 Å². The summed E-state index contributed by atoms with van der Waals surface area (Å²) in [4.78, 5) is 3.07. The molecule has 17 heavy (non-hydrogen) atoms. The number of hydrogen-bond donors (Lipinski definition) is 2. The molecule has 0 bridgehead atoms. The van der Waals surface area contributed by atoms with Gasteiger partial charge >= 0.3 is 0 Å². The van der Waals surface area contributed by atoms with Crippen molar-refractivity contribution in [3.05, 3.63) is 21.4 Å². The fourth-order valence-electron chi connectivity index (χ4n) is 2.12. The number of nitrogens with one attached hydrogen (secondary N) is 1. The topological polar surface area (TPSA) is 38.0 Å². The maximum absolute atomic E-state index is 5.77. The Morgan fingerprint density at radius 1 is 1.47 bits per heavy atom. The van der Waals surface area contributed by atoms with E-state index in [1.807, 2.05) is 11.3 Å². The van der Waals surface area contributed by atoms with Crippen molar-refractivity contribution in [1.82, 2.24) is 5.32 Å². The van der Waals surface area contributed by atoms with E-state index < -0.39 is 0 Å². The van der Waals surface area contributed by atoms with Crippen LogP contribution in [-0.4, -0.2) is 18.3 Å². The average Bonchev–Trinajstić information content (AvgIpc) is 2.71. The molecule has 1 unspecified atom stereocenters. The number of nitrogens with two attached hydrogens (primary N) is 1. The van der Waals surface area contributed by atoms with E-state index in [1.165, 1.54) is 22.8 Å². The fraction of sp³-hybridized carbons (Fsp3) is 0.692. The van der Waals surface area contributed by atoms with Gasteiger partial charge in [0.05, 0.1) is 0 Å². The van der Waals surface area contributed by atoms with E-state index in [2.05, 4.69) is 37.0 Å². The molecule has 2 rings (SSSR count). The number of fused-ring (bicyclic) bond motifs is 1. The first-order chi connectivity index (χ1) is 8.20. The van der Waals surface area contributed by atoms with Crippen LogP contribution in [0.4, 0.5) is 0 Å². The molecule has 0 spiro atoms. The minimum Gasteiger partial charge on any atom is -0.329 e. The molecule has 96 valence electrons. The van der Waals surface area contributed by atoms with Crippen LogP contribution in [0.5, 0.6) is 0 Å². The summed E-state index contributed by atoms with van der Waals surface area (Å²) in [6, 6.07) is 2.82. The van der Waals surface area contributed by atoms with Crippen molar-refractivity contribution in [1.29, 1.82) is 0 Å². The van der Waals surface area contributed by atoms with Crippen molar-refractivity contribution in [2.75, 3.05) is 12.3 Å². The van der Waals surface area contributed by atoms with Crippen molar-refractivity contribution in [2.45, 2.75) is 38.6 Å². The predicted octanol–water partition coefficient (Wildman–Crippen LogP) is 2.61. The summed E-state index contributed by atoms with van der Waals surface area (Å²) < 4.78 is 0. The summed E-state index contributed by atoms with van der Waals surface area (Å²) in [6.45, 7) is 6.14. The summed E-state index contributed by atoms with van der Waals surface area (Å²) in [5.41, 5.74) is 7.34. The first-order valence-corrected chi connectivity index (χ1v) is 8.29. The van der Waals surface area contributed by atoms with Crippen LogP contribution in [0, 0.1) is 5.92 Å². The second-order valence-corrected chi connectivity index (χ2v) is 7.26. The number of rotatable bonds is 5. The Labute approximate surface area is 112 Å². The first kappa shape index (κ1) is 13.4. The number of aryl methyl sites for hydroxylation is 1. The molecule has 0 amide bonds. The van der Waals surface area contributed by atoms with Gasteiger partial charge in [-0.05, 0) is 29.7 Å². The quantitative estimate of drug-likeness (QED) is 0.864. The fourth-order valence-corrected chi connectivity index (χ4v) is 4.45. The third-order valence-corrected chi connectivity index (χ3v) is 5.52. The predicted molar refractivity (Wildman–Crippen MR) is 78.7 cm³/mol. The second kappa shape index (κ2) is 6.23. The van der Waals surface area contributed by atoms with E-state index in [1.54, 1.807) is 10.4 Å². The van der Waals surface area contributed by atoms with Crippen LogP contribution in [-0.2, 0) is 18.7 Å². The summed E-state index contributed by atoms with van der Waals surface area (Å²) in [5.74, 6) is 3.10. The van der Waals surface area contributed by atoms with Gasteiger partial charge in [-0.1, -0.05) is 13.8 Å². The zero-order valence-electron chi connectivity index (χ0n) is 10.7. The van der Waals surface area contributed by atoms with Gasteiger partial charge in [0.15, 0.2) is 0 Å². The highest BCUT2D eigenvalue weighted by molar-refractivity contribution is 7.98. The second-order valence-electron chi connectivity index (χ2n) is 4.93. The van der Waals surface area contributed by atoms with Crippen LogP contribution in [0.25, 0.3) is 0 Å². The van der Waals surface area contributed by atoms with Crippen LogP contribution in [0.1, 0.15) is 29.2 Å². The van der Waals surface area contributed by atoms with Crippen LogP contribution in [0.3, 0.4) is 0 Å². The Balaban J connectivity index is 1.92. The maximum Gasteiger partial charge on any atom is 0.0303 e. The van der Waals surface area contributed by atoms with Crippen LogP contribution < -0.4 is 11.1 Å². The van der Waals surface area contributed by atoms with Crippen molar-refractivity contribution >= 4 is 23.1 Å². The van der Waals surface area contributed by atoms with E-state index in [9.17, 15) is 0 Å².